The van der Waals surface area contributed by atoms with Gasteiger partial charge in [0.25, 0.3) is 0 Å². The number of nitrogens with one attached hydrogen (secondary N) is 1. The molecule has 0 saturated carbocycles. The Morgan fingerprint density at radius 1 is 1.06 bits per heavy atom. The lowest BCUT2D eigenvalue weighted by Crippen LogP contribution is -2.54. The molecule has 3 aliphatic heterocycles. The molecular formula is C28H26N6. The van der Waals surface area contributed by atoms with E-state index in [2.05, 4.69) is 61.6 Å². The van der Waals surface area contributed by atoms with Crippen molar-refractivity contribution < 1.29 is 0 Å². The van der Waals surface area contributed by atoms with E-state index in [0.717, 1.165) is 61.1 Å². The van der Waals surface area contributed by atoms with E-state index < -0.39 is 0 Å². The van der Waals surface area contributed by atoms with Crippen LogP contribution >= 0.6 is 0 Å². The monoisotopic (exact) mass is 446 g/mol. The molecule has 2 aromatic heterocycles. The van der Waals surface area contributed by atoms with E-state index in [0.29, 0.717) is 11.1 Å². The minimum Gasteiger partial charge on any atom is -0.371 e. The largest absolute Gasteiger partial charge is 0.371 e. The van der Waals surface area contributed by atoms with E-state index in [1.165, 1.54) is 23.4 Å². The molecular weight excluding hydrogens is 420 g/mol. The van der Waals surface area contributed by atoms with E-state index >= 15 is 0 Å². The fraction of sp³-hybridized carbons (Fsp3) is 0.286. The summed E-state index contributed by atoms with van der Waals surface area (Å²) in [6, 6.07) is 17.0. The van der Waals surface area contributed by atoms with Crippen LogP contribution in [-0.4, -0.2) is 40.3 Å². The lowest BCUT2D eigenvalue weighted by Gasteiger charge is -2.39. The van der Waals surface area contributed by atoms with Crippen molar-refractivity contribution in [3.05, 3.63) is 83.6 Å². The summed E-state index contributed by atoms with van der Waals surface area (Å²) in [7, 11) is 0. The van der Waals surface area contributed by atoms with Gasteiger partial charge in [-0.1, -0.05) is 24.3 Å². The van der Waals surface area contributed by atoms with E-state index in [9.17, 15) is 0 Å². The highest BCUT2D eigenvalue weighted by Gasteiger charge is 2.43. The van der Waals surface area contributed by atoms with Gasteiger partial charge in [0.05, 0.1) is 18.0 Å². The number of rotatable bonds is 2. The standard InChI is InChI=1S/C28H26N6/c1-19-13-31-27-26-12-21(20-3-5-23(29-2)6-4-20)14-33(26)15-22-11-24(7-8-25(22)34(19)27)32-10-9-28(18-32)16-30-17-28/h3-8,11-14,30H,9-10,15-18H2,1H3. The molecule has 0 amide bonds. The first-order valence-electron chi connectivity index (χ1n) is 11.9. The first-order chi connectivity index (χ1) is 16.6. The zero-order valence-corrected chi connectivity index (χ0v) is 19.3. The zero-order chi connectivity index (χ0) is 22.9. The van der Waals surface area contributed by atoms with Crippen molar-refractivity contribution in [1.29, 1.82) is 0 Å². The Bertz CT molecular complexity index is 1460. The van der Waals surface area contributed by atoms with Crippen LogP contribution in [0.3, 0.4) is 0 Å². The van der Waals surface area contributed by atoms with Gasteiger partial charge >= 0.3 is 0 Å². The second-order valence-electron chi connectivity index (χ2n) is 10.0. The van der Waals surface area contributed by atoms with Gasteiger partial charge in [-0.25, -0.2) is 9.83 Å². The maximum absolute atomic E-state index is 7.22. The number of fused-ring (bicyclic) bond motifs is 5. The van der Waals surface area contributed by atoms with E-state index in [-0.39, 0.29) is 0 Å². The molecule has 0 unspecified atom stereocenters. The Morgan fingerprint density at radius 2 is 1.91 bits per heavy atom. The first kappa shape index (κ1) is 19.6. The fourth-order valence-corrected chi connectivity index (χ4v) is 5.86. The number of aryl methyl sites for hydroxylation is 1. The molecule has 0 atom stereocenters. The van der Waals surface area contributed by atoms with Gasteiger partial charge in [-0.05, 0) is 48.7 Å². The summed E-state index contributed by atoms with van der Waals surface area (Å²) in [5.74, 6) is 0.980. The predicted molar refractivity (Wildman–Crippen MR) is 135 cm³/mol. The average molecular weight is 447 g/mol. The van der Waals surface area contributed by atoms with Crippen LogP contribution in [0.5, 0.6) is 0 Å². The van der Waals surface area contributed by atoms with Crippen LogP contribution in [0.2, 0.25) is 0 Å². The van der Waals surface area contributed by atoms with Crippen molar-refractivity contribution in [1.82, 2.24) is 19.4 Å². The number of imidazole rings is 1. The van der Waals surface area contributed by atoms with Gasteiger partial charge in [0, 0.05) is 67.5 Å². The van der Waals surface area contributed by atoms with Crippen LogP contribution in [0, 0.1) is 18.9 Å². The molecule has 2 fully saturated rings. The number of benzene rings is 2. The molecule has 6 nitrogen and oxygen atoms in total. The van der Waals surface area contributed by atoms with Crippen molar-refractivity contribution in [2.45, 2.75) is 19.9 Å². The molecule has 3 aliphatic rings. The Labute approximate surface area is 199 Å². The zero-order valence-electron chi connectivity index (χ0n) is 19.3. The van der Waals surface area contributed by atoms with Gasteiger partial charge in [0.1, 0.15) is 0 Å². The van der Waals surface area contributed by atoms with Crippen molar-refractivity contribution in [3.8, 4) is 28.3 Å². The third-order valence-electron chi connectivity index (χ3n) is 7.84. The third-order valence-corrected chi connectivity index (χ3v) is 7.84. The van der Waals surface area contributed by atoms with E-state index in [4.69, 9.17) is 11.6 Å². The number of hydrogen-bond acceptors (Lipinski definition) is 3. The summed E-state index contributed by atoms with van der Waals surface area (Å²) in [6.45, 7) is 14.7. The Hall–Kier alpha value is -3.82. The topological polar surface area (TPSA) is 42.4 Å². The van der Waals surface area contributed by atoms with Gasteiger partial charge in [-0.2, -0.15) is 0 Å². The summed E-state index contributed by atoms with van der Waals surface area (Å²) < 4.78 is 4.62. The Kier molecular flexibility index (Phi) is 4.09. The molecule has 0 aliphatic carbocycles. The molecule has 2 aromatic carbocycles. The minimum atomic E-state index is 0.478. The highest BCUT2D eigenvalue weighted by Crippen LogP contribution is 2.39. The number of nitrogens with zero attached hydrogens (tertiary/aromatic N) is 5. The number of hydrogen-bond donors (Lipinski definition) is 1. The number of anilines is 1. The smallest absolute Gasteiger partial charge is 0.187 e. The summed E-state index contributed by atoms with van der Waals surface area (Å²) in [5, 5.41) is 3.47. The van der Waals surface area contributed by atoms with Gasteiger partial charge in [0.2, 0.25) is 0 Å². The van der Waals surface area contributed by atoms with E-state index in [1.807, 2.05) is 30.5 Å². The molecule has 4 aromatic rings. The summed E-state index contributed by atoms with van der Waals surface area (Å²) >= 11 is 0. The SMILES string of the molecule is [C-]#[N+]c1ccc(-c2cc3n(c2)Cc2cc(N4CCC5(CNC5)C4)ccc2-n2c(C)cnc2-3)cc1. The number of aromatic nitrogens is 3. The van der Waals surface area contributed by atoms with Gasteiger partial charge in [-0.3, -0.25) is 4.57 Å². The average Bonchev–Trinajstić information content (AvgIpc) is 3.54. The molecule has 2 saturated heterocycles. The Balaban J connectivity index is 1.31. The van der Waals surface area contributed by atoms with Crippen LogP contribution in [0.25, 0.3) is 33.2 Å². The van der Waals surface area contributed by atoms with Crippen LogP contribution in [0.15, 0.2) is 60.9 Å². The maximum Gasteiger partial charge on any atom is 0.187 e. The summed E-state index contributed by atoms with van der Waals surface area (Å²) in [6.07, 6.45) is 5.47. The quantitative estimate of drug-likeness (QED) is 0.387. The molecule has 168 valence electrons. The molecule has 6 heteroatoms. The summed E-state index contributed by atoms with van der Waals surface area (Å²) in [5.41, 5.74) is 9.54. The lowest BCUT2D eigenvalue weighted by atomic mass is 9.81. The highest BCUT2D eigenvalue weighted by molar-refractivity contribution is 5.73. The maximum atomic E-state index is 7.22. The van der Waals surface area contributed by atoms with Crippen molar-refractivity contribution in [3.63, 3.8) is 0 Å². The molecule has 34 heavy (non-hydrogen) atoms. The molecule has 0 radical (unpaired) electrons. The summed E-state index contributed by atoms with van der Waals surface area (Å²) in [4.78, 5) is 10.9. The molecule has 7 rings (SSSR count). The van der Waals surface area contributed by atoms with Crippen LogP contribution in [0.4, 0.5) is 11.4 Å². The Morgan fingerprint density at radius 3 is 2.65 bits per heavy atom. The van der Waals surface area contributed by atoms with Crippen molar-refractivity contribution in [2.75, 3.05) is 31.1 Å². The normalized spacial score (nSPS) is 17.5. The fourth-order valence-electron chi connectivity index (χ4n) is 5.86. The molecule has 1 spiro atoms. The van der Waals surface area contributed by atoms with E-state index in [1.54, 1.807) is 0 Å². The van der Waals surface area contributed by atoms with Crippen molar-refractivity contribution >= 4 is 11.4 Å². The molecule has 5 heterocycles. The second kappa shape index (κ2) is 7.09. The second-order valence-corrected chi connectivity index (χ2v) is 10.0. The van der Waals surface area contributed by atoms with Gasteiger partial charge < -0.3 is 14.8 Å². The molecule has 1 N–H and O–H groups in total. The van der Waals surface area contributed by atoms with Crippen LogP contribution < -0.4 is 10.2 Å². The highest BCUT2D eigenvalue weighted by atomic mass is 15.2. The minimum absolute atomic E-state index is 0.478. The van der Waals surface area contributed by atoms with Gasteiger partial charge in [0.15, 0.2) is 11.5 Å². The van der Waals surface area contributed by atoms with Crippen LogP contribution in [-0.2, 0) is 6.54 Å². The third kappa shape index (κ3) is 2.87. The molecule has 0 bridgehead atoms. The van der Waals surface area contributed by atoms with Crippen LogP contribution in [0.1, 0.15) is 17.7 Å². The van der Waals surface area contributed by atoms with Gasteiger partial charge in [-0.15, -0.1) is 0 Å². The predicted octanol–water partition coefficient (Wildman–Crippen LogP) is 5.03. The lowest BCUT2D eigenvalue weighted by molar-refractivity contribution is 0.200. The van der Waals surface area contributed by atoms with Crippen molar-refractivity contribution in [2.24, 2.45) is 5.41 Å². The first-order valence-corrected chi connectivity index (χ1v) is 11.9.